The van der Waals surface area contributed by atoms with Gasteiger partial charge in [-0.25, -0.2) is 0 Å². The molecule has 0 bridgehead atoms. The summed E-state index contributed by atoms with van der Waals surface area (Å²) in [6.45, 7) is 3.29. The second kappa shape index (κ2) is 6.60. The molecule has 0 radical (unpaired) electrons. The number of rotatable bonds is 6. The van der Waals surface area contributed by atoms with Crippen LogP contribution in [-0.4, -0.2) is 24.1 Å². The van der Waals surface area contributed by atoms with Gasteiger partial charge in [-0.3, -0.25) is 4.79 Å². The second-order valence-electron chi connectivity index (χ2n) is 5.39. The van der Waals surface area contributed by atoms with E-state index in [1.54, 1.807) is 19.4 Å². The number of aromatic nitrogens is 1. The Morgan fingerprint density at radius 2 is 2.04 bits per heavy atom. The lowest BCUT2D eigenvalue weighted by Crippen LogP contribution is -2.26. The Balaban J connectivity index is 1.93. The lowest BCUT2D eigenvalue weighted by Gasteiger charge is -2.11. The summed E-state index contributed by atoms with van der Waals surface area (Å²) < 4.78 is 12.6. The molecule has 0 aliphatic heterocycles. The van der Waals surface area contributed by atoms with Crippen molar-refractivity contribution >= 4 is 17.0 Å². The quantitative estimate of drug-likeness (QED) is 0.758. The van der Waals surface area contributed by atoms with Crippen LogP contribution >= 0.6 is 0 Å². The third kappa shape index (κ3) is 3.08. The van der Waals surface area contributed by atoms with E-state index in [1.165, 1.54) is 0 Å². The number of methoxy groups -OCH3 is 1. The highest BCUT2D eigenvalue weighted by atomic mass is 16.5. The molecule has 5 heteroatoms. The van der Waals surface area contributed by atoms with Crippen molar-refractivity contribution in [1.82, 2.24) is 9.88 Å². The molecule has 23 heavy (non-hydrogen) atoms. The van der Waals surface area contributed by atoms with Crippen LogP contribution in [0.15, 0.2) is 47.1 Å². The number of ether oxygens (including phenoxy) is 1. The molecule has 1 aromatic carbocycles. The lowest BCUT2D eigenvalue weighted by molar-refractivity contribution is 0.0945. The minimum atomic E-state index is -0.0771. The van der Waals surface area contributed by atoms with E-state index < -0.39 is 0 Å². The highest BCUT2D eigenvalue weighted by Gasteiger charge is 2.17. The largest absolute Gasteiger partial charge is 0.497 e. The van der Waals surface area contributed by atoms with Crippen LogP contribution in [0.25, 0.3) is 11.1 Å². The zero-order chi connectivity index (χ0) is 16.2. The summed E-state index contributed by atoms with van der Waals surface area (Å²) in [5.41, 5.74) is 3.35. The molecule has 0 saturated carbocycles. The van der Waals surface area contributed by atoms with Gasteiger partial charge in [-0.15, -0.1) is 0 Å². The molecule has 2 heterocycles. The lowest BCUT2D eigenvalue weighted by atomic mass is 10.2. The van der Waals surface area contributed by atoms with Gasteiger partial charge in [0.15, 0.2) is 5.58 Å². The number of carbonyl (C=O) groups is 1. The molecule has 0 spiro atoms. The summed E-state index contributed by atoms with van der Waals surface area (Å²) in [6, 6.07) is 11.5. The van der Waals surface area contributed by atoms with E-state index >= 15 is 0 Å². The molecule has 3 aromatic rings. The highest BCUT2D eigenvalue weighted by molar-refractivity contribution is 5.97. The Bertz CT molecular complexity index is 799. The molecule has 5 nitrogen and oxygen atoms in total. The third-order valence-corrected chi connectivity index (χ3v) is 3.79. The molecule has 120 valence electrons. The minimum absolute atomic E-state index is 0.0771. The van der Waals surface area contributed by atoms with Crippen LogP contribution in [-0.2, 0) is 6.54 Å². The van der Waals surface area contributed by atoms with Gasteiger partial charge in [0.2, 0.25) is 0 Å². The third-order valence-electron chi connectivity index (χ3n) is 3.79. The predicted octanol–water partition coefficient (Wildman–Crippen LogP) is 3.43. The number of hydrogen-bond donors (Lipinski definition) is 1. The molecule has 1 amide bonds. The number of hydrogen-bond acceptors (Lipinski definition) is 3. The topological polar surface area (TPSA) is 56.4 Å². The molecular formula is C18H20N2O3. The van der Waals surface area contributed by atoms with E-state index in [-0.39, 0.29) is 5.91 Å². The van der Waals surface area contributed by atoms with E-state index in [0.29, 0.717) is 18.8 Å². The highest BCUT2D eigenvalue weighted by Crippen LogP contribution is 2.23. The van der Waals surface area contributed by atoms with Crippen molar-refractivity contribution in [3.05, 3.63) is 53.9 Å². The van der Waals surface area contributed by atoms with Gasteiger partial charge >= 0.3 is 0 Å². The van der Waals surface area contributed by atoms with Crippen LogP contribution in [0.3, 0.4) is 0 Å². The summed E-state index contributed by atoms with van der Waals surface area (Å²) in [5.74, 6) is 0.738. The molecule has 0 aliphatic rings. The van der Waals surface area contributed by atoms with Gasteiger partial charge in [0.05, 0.1) is 18.9 Å². The summed E-state index contributed by atoms with van der Waals surface area (Å²) in [5, 5.41) is 2.92. The van der Waals surface area contributed by atoms with Crippen LogP contribution in [0.2, 0.25) is 0 Å². The fourth-order valence-corrected chi connectivity index (χ4v) is 2.58. The van der Waals surface area contributed by atoms with Gasteiger partial charge in [0.25, 0.3) is 5.91 Å². The Hall–Kier alpha value is -2.69. The van der Waals surface area contributed by atoms with E-state index in [4.69, 9.17) is 9.15 Å². The van der Waals surface area contributed by atoms with Crippen LogP contribution in [0.1, 0.15) is 29.4 Å². The van der Waals surface area contributed by atoms with Crippen molar-refractivity contribution in [2.45, 2.75) is 19.9 Å². The van der Waals surface area contributed by atoms with Crippen LogP contribution < -0.4 is 10.1 Å². The average molecular weight is 312 g/mol. The molecule has 1 N–H and O–H groups in total. The number of furan rings is 1. The predicted molar refractivity (Wildman–Crippen MR) is 88.9 cm³/mol. The molecule has 3 rings (SSSR count). The van der Waals surface area contributed by atoms with Crippen LogP contribution in [0, 0.1) is 0 Å². The summed E-state index contributed by atoms with van der Waals surface area (Å²) in [4.78, 5) is 12.4. The molecule has 0 saturated heterocycles. The normalized spacial score (nSPS) is 10.9. The Morgan fingerprint density at radius 1 is 1.26 bits per heavy atom. The summed E-state index contributed by atoms with van der Waals surface area (Å²) >= 11 is 0. The van der Waals surface area contributed by atoms with Gasteiger partial charge in [-0.05, 0) is 24.1 Å². The molecule has 0 aliphatic carbocycles. The molecule has 0 fully saturated rings. The zero-order valence-electron chi connectivity index (χ0n) is 13.3. The van der Waals surface area contributed by atoms with E-state index in [0.717, 1.165) is 28.8 Å². The van der Waals surface area contributed by atoms with Crippen molar-refractivity contribution in [2.75, 3.05) is 13.7 Å². The van der Waals surface area contributed by atoms with Crippen molar-refractivity contribution in [3.8, 4) is 5.75 Å². The van der Waals surface area contributed by atoms with Gasteiger partial charge in [-0.2, -0.15) is 0 Å². The number of carbonyl (C=O) groups excluding carboxylic acids is 1. The van der Waals surface area contributed by atoms with Gasteiger partial charge in [0, 0.05) is 25.2 Å². The fourth-order valence-electron chi connectivity index (χ4n) is 2.58. The number of amides is 1. The first-order valence-electron chi connectivity index (χ1n) is 7.70. The van der Waals surface area contributed by atoms with Crippen LogP contribution in [0.5, 0.6) is 5.75 Å². The summed E-state index contributed by atoms with van der Waals surface area (Å²) in [6.07, 6.45) is 2.55. The number of fused-ring (bicyclic) bond motifs is 1. The Labute approximate surface area is 134 Å². The minimum Gasteiger partial charge on any atom is -0.497 e. The van der Waals surface area contributed by atoms with Crippen molar-refractivity contribution in [2.24, 2.45) is 0 Å². The van der Waals surface area contributed by atoms with E-state index in [9.17, 15) is 4.79 Å². The first-order valence-corrected chi connectivity index (χ1v) is 7.70. The first-order chi connectivity index (χ1) is 11.2. The molecule has 0 unspecified atom stereocenters. The maximum atomic E-state index is 12.4. The van der Waals surface area contributed by atoms with Gasteiger partial charge in [0.1, 0.15) is 11.4 Å². The fraction of sp³-hybridized carbons (Fsp3) is 0.278. The van der Waals surface area contributed by atoms with E-state index in [2.05, 4.69) is 5.32 Å². The Morgan fingerprint density at radius 3 is 2.74 bits per heavy atom. The molecule has 2 aromatic heterocycles. The maximum Gasteiger partial charge on any atom is 0.268 e. The maximum absolute atomic E-state index is 12.4. The molecule has 0 atom stereocenters. The second-order valence-corrected chi connectivity index (χ2v) is 5.39. The van der Waals surface area contributed by atoms with Crippen molar-refractivity contribution in [1.29, 1.82) is 0 Å². The van der Waals surface area contributed by atoms with Gasteiger partial charge in [-0.1, -0.05) is 19.1 Å². The standard InChI is InChI=1S/C18H20N2O3/c1-3-9-19-18(21)16-11-17-15(8-10-23-17)20(16)12-13-4-6-14(22-2)7-5-13/h4-8,10-11H,3,9,12H2,1-2H3,(H,19,21). The smallest absolute Gasteiger partial charge is 0.268 e. The average Bonchev–Trinajstić information content (AvgIpc) is 3.16. The molecular weight excluding hydrogens is 292 g/mol. The Kier molecular flexibility index (Phi) is 4.37. The monoisotopic (exact) mass is 312 g/mol. The first kappa shape index (κ1) is 15.2. The SMILES string of the molecule is CCCNC(=O)c1cc2occc2n1Cc1ccc(OC)cc1. The van der Waals surface area contributed by atoms with Crippen molar-refractivity contribution < 1.29 is 13.9 Å². The number of nitrogens with one attached hydrogen (secondary N) is 1. The van der Waals surface area contributed by atoms with Crippen LogP contribution in [0.4, 0.5) is 0 Å². The van der Waals surface area contributed by atoms with Crippen molar-refractivity contribution in [3.63, 3.8) is 0 Å². The number of nitrogens with zero attached hydrogens (tertiary/aromatic N) is 1. The zero-order valence-corrected chi connectivity index (χ0v) is 13.3. The number of benzene rings is 1. The van der Waals surface area contributed by atoms with E-state index in [1.807, 2.05) is 41.8 Å². The summed E-state index contributed by atoms with van der Waals surface area (Å²) in [7, 11) is 1.64. The van der Waals surface area contributed by atoms with Gasteiger partial charge < -0.3 is 19.0 Å².